The number of esters is 1. The molecule has 0 unspecified atom stereocenters. The molecule has 0 aliphatic carbocycles. The van der Waals surface area contributed by atoms with Gasteiger partial charge in [-0.1, -0.05) is 0 Å². The maximum absolute atomic E-state index is 11.0. The topological polar surface area (TPSA) is 26.3 Å². The van der Waals surface area contributed by atoms with Gasteiger partial charge in [0.25, 0.3) is 0 Å². The van der Waals surface area contributed by atoms with E-state index in [9.17, 15) is 4.79 Å². The van der Waals surface area contributed by atoms with Crippen molar-refractivity contribution in [1.29, 1.82) is 0 Å². The number of carbonyl (C=O) groups is 1. The molecule has 0 aliphatic rings. The quantitative estimate of drug-likeness (QED) is 0.535. The van der Waals surface area contributed by atoms with Crippen molar-refractivity contribution < 1.29 is 9.53 Å². The van der Waals surface area contributed by atoms with Crippen LogP contribution in [0.2, 0.25) is 0 Å². The van der Waals surface area contributed by atoms with Gasteiger partial charge >= 0.3 is 5.97 Å². The van der Waals surface area contributed by atoms with Gasteiger partial charge < -0.3 is 4.74 Å². The fourth-order valence-corrected chi connectivity index (χ4v) is 1.97. The number of aryl methyl sites for hydroxylation is 1. The molecule has 1 aromatic rings. The fourth-order valence-electron chi connectivity index (χ4n) is 1.27. The van der Waals surface area contributed by atoms with E-state index in [1.807, 2.05) is 6.92 Å². The molecule has 0 amide bonds. The average Bonchev–Trinajstić information content (AvgIpc) is 2.65. The Hall–Kier alpha value is -0.830. The Labute approximate surface area is 88.9 Å². The van der Waals surface area contributed by atoms with E-state index in [0.29, 0.717) is 13.0 Å². The Balaban J connectivity index is 2.02. The third-order valence-electron chi connectivity index (χ3n) is 1.98. The van der Waals surface area contributed by atoms with E-state index in [1.54, 1.807) is 11.3 Å². The van der Waals surface area contributed by atoms with Crippen molar-refractivity contribution in [3.63, 3.8) is 0 Å². The average molecular weight is 212 g/mol. The van der Waals surface area contributed by atoms with Gasteiger partial charge in [-0.2, -0.15) is 11.3 Å². The van der Waals surface area contributed by atoms with Crippen LogP contribution in [-0.2, 0) is 16.0 Å². The third kappa shape index (κ3) is 4.42. The lowest BCUT2D eigenvalue weighted by atomic mass is 10.1. The summed E-state index contributed by atoms with van der Waals surface area (Å²) in [5.41, 5.74) is 1.37. The van der Waals surface area contributed by atoms with E-state index in [0.717, 1.165) is 19.3 Å². The maximum Gasteiger partial charge on any atom is 0.305 e. The lowest BCUT2D eigenvalue weighted by Crippen LogP contribution is -2.03. The van der Waals surface area contributed by atoms with Gasteiger partial charge in [0.1, 0.15) is 0 Å². The molecule has 0 atom stereocenters. The number of unbranched alkanes of at least 4 members (excludes halogenated alkanes) is 1. The van der Waals surface area contributed by atoms with E-state index in [-0.39, 0.29) is 5.97 Å². The van der Waals surface area contributed by atoms with Crippen LogP contribution in [0.3, 0.4) is 0 Å². The standard InChI is InChI=1S/C11H16O2S/c1-2-13-11(12)6-4-3-5-10-7-8-14-9-10/h7-9H,2-6H2,1H3. The van der Waals surface area contributed by atoms with Crippen LogP contribution in [0.4, 0.5) is 0 Å². The fraction of sp³-hybridized carbons (Fsp3) is 0.545. The normalized spacial score (nSPS) is 10.1. The molecule has 1 aromatic heterocycles. The largest absolute Gasteiger partial charge is 0.466 e. The Morgan fingerprint density at radius 2 is 2.36 bits per heavy atom. The molecule has 1 rings (SSSR count). The molecule has 0 radical (unpaired) electrons. The molecule has 2 nitrogen and oxygen atoms in total. The summed E-state index contributed by atoms with van der Waals surface area (Å²) in [6.07, 6.45) is 3.62. The molecule has 0 spiro atoms. The monoisotopic (exact) mass is 212 g/mol. The zero-order chi connectivity index (χ0) is 10.2. The number of thiophene rings is 1. The molecule has 0 saturated heterocycles. The lowest BCUT2D eigenvalue weighted by molar-refractivity contribution is -0.143. The van der Waals surface area contributed by atoms with Crippen LogP contribution in [0.15, 0.2) is 16.8 Å². The first-order valence-electron chi connectivity index (χ1n) is 4.99. The minimum absolute atomic E-state index is 0.0715. The summed E-state index contributed by atoms with van der Waals surface area (Å²) in [5.74, 6) is -0.0715. The highest BCUT2D eigenvalue weighted by atomic mass is 32.1. The Morgan fingerprint density at radius 3 is 3.00 bits per heavy atom. The number of carbonyl (C=O) groups excluding carboxylic acids is 1. The predicted molar refractivity (Wildman–Crippen MR) is 58.5 cm³/mol. The molecule has 0 saturated carbocycles. The van der Waals surface area contributed by atoms with Crippen LogP contribution < -0.4 is 0 Å². The number of hydrogen-bond donors (Lipinski definition) is 0. The molecule has 0 fully saturated rings. The van der Waals surface area contributed by atoms with Crippen LogP contribution in [0.25, 0.3) is 0 Å². The number of ether oxygens (including phenoxy) is 1. The minimum atomic E-state index is -0.0715. The summed E-state index contributed by atoms with van der Waals surface area (Å²) in [6, 6.07) is 2.13. The molecule has 78 valence electrons. The van der Waals surface area contributed by atoms with Crippen LogP contribution in [-0.4, -0.2) is 12.6 Å². The van der Waals surface area contributed by atoms with Crippen molar-refractivity contribution in [1.82, 2.24) is 0 Å². The molecule has 0 aliphatic heterocycles. The summed E-state index contributed by atoms with van der Waals surface area (Å²) in [7, 11) is 0. The second-order valence-corrected chi connectivity index (χ2v) is 3.92. The number of hydrogen-bond acceptors (Lipinski definition) is 3. The van der Waals surface area contributed by atoms with E-state index in [2.05, 4.69) is 16.8 Å². The smallest absolute Gasteiger partial charge is 0.305 e. The van der Waals surface area contributed by atoms with Gasteiger partial charge in [-0.05, 0) is 48.6 Å². The van der Waals surface area contributed by atoms with Crippen LogP contribution in [0, 0.1) is 0 Å². The summed E-state index contributed by atoms with van der Waals surface area (Å²) >= 11 is 1.72. The summed E-state index contributed by atoms with van der Waals surface area (Å²) in [5, 5.41) is 4.24. The molecule has 0 bridgehead atoms. The van der Waals surface area contributed by atoms with Gasteiger partial charge in [0, 0.05) is 6.42 Å². The molecule has 14 heavy (non-hydrogen) atoms. The van der Waals surface area contributed by atoms with Gasteiger partial charge in [0.15, 0.2) is 0 Å². The molecule has 0 N–H and O–H groups in total. The van der Waals surface area contributed by atoms with Gasteiger partial charge in [-0.25, -0.2) is 0 Å². The Bertz CT molecular complexity index is 254. The van der Waals surface area contributed by atoms with E-state index in [1.165, 1.54) is 5.56 Å². The zero-order valence-electron chi connectivity index (χ0n) is 8.49. The molecular weight excluding hydrogens is 196 g/mol. The maximum atomic E-state index is 11.0. The van der Waals surface area contributed by atoms with Gasteiger partial charge in [0.2, 0.25) is 0 Å². The van der Waals surface area contributed by atoms with Gasteiger partial charge in [-0.3, -0.25) is 4.79 Å². The second kappa shape index (κ2) is 6.60. The van der Waals surface area contributed by atoms with Gasteiger partial charge in [-0.15, -0.1) is 0 Å². The number of rotatable bonds is 6. The first-order valence-corrected chi connectivity index (χ1v) is 5.94. The SMILES string of the molecule is CCOC(=O)CCCCc1ccsc1. The van der Waals surface area contributed by atoms with Crippen molar-refractivity contribution in [2.75, 3.05) is 6.61 Å². The first kappa shape index (κ1) is 11.2. The van der Waals surface area contributed by atoms with Crippen LogP contribution in [0.1, 0.15) is 31.7 Å². The summed E-state index contributed by atoms with van der Waals surface area (Å²) < 4.78 is 4.84. The van der Waals surface area contributed by atoms with Crippen molar-refractivity contribution >= 4 is 17.3 Å². The van der Waals surface area contributed by atoms with E-state index < -0.39 is 0 Å². The van der Waals surface area contributed by atoms with Crippen molar-refractivity contribution in [3.05, 3.63) is 22.4 Å². The van der Waals surface area contributed by atoms with E-state index in [4.69, 9.17) is 4.74 Å². The van der Waals surface area contributed by atoms with E-state index >= 15 is 0 Å². The zero-order valence-corrected chi connectivity index (χ0v) is 9.31. The molecule has 0 aromatic carbocycles. The van der Waals surface area contributed by atoms with Crippen molar-refractivity contribution in [2.45, 2.75) is 32.6 Å². The highest BCUT2D eigenvalue weighted by Crippen LogP contribution is 2.10. The lowest BCUT2D eigenvalue weighted by Gasteiger charge is -2.00. The molecular formula is C11H16O2S. The van der Waals surface area contributed by atoms with Crippen molar-refractivity contribution in [3.8, 4) is 0 Å². The second-order valence-electron chi connectivity index (χ2n) is 3.14. The molecule has 3 heteroatoms. The highest BCUT2D eigenvalue weighted by molar-refractivity contribution is 7.07. The van der Waals surface area contributed by atoms with Crippen LogP contribution >= 0.6 is 11.3 Å². The third-order valence-corrected chi connectivity index (χ3v) is 2.71. The minimum Gasteiger partial charge on any atom is -0.466 e. The summed E-state index contributed by atoms with van der Waals surface area (Å²) in [6.45, 7) is 2.33. The Morgan fingerprint density at radius 1 is 1.50 bits per heavy atom. The van der Waals surface area contributed by atoms with Crippen LogP contribution in [0.5, 0.6) is 0 Å². The van der Waals surface area contributed by atoms with Crippen molar-refractivity contribution in [2.24, 2.45) is 0 Å². The summed E-state index contributed by atoms with van der Waals surface area (Å²) in [4.78, 5) is 11.0. The molecule has 1 heterocycles. The predicted octanol–water partition coefficient (Wildman–Crippen LogP) is 3.02. The highest BCUT2D eigenvalue weighted by Gasteiger charge is 2.01. The first-order chi connectivity index (χ1) is 6.83. The van der Waals surface area contributed by atoms with Gasteiger partial charge in [0.05, 0.1) is 6.61 Å². The Kier molecular flexibility index (Phi) is 5.30.